The van der Waals surface area contributed by atoms with E-state index in [0.29, 0.717) is 18.3 Å². The fraction of sp³-hybridized carbons (Fsp3) is 0.167. The maximum atomic E-state index is 5.42. The highest BCUT2D eigenvalue weighted by Crippen LogP contribution is 2.12. The van der Waals surface area contributed by atoms with Crippen LogP contribution in [-0.2, 0) is 6.54 Å². The van der Waals surface area contributed by atoms with Gasteiger partial charge < -0.3 is 11.1 Å². The van der Waals surface area contributed by atoms with Crippen LogP contribution in [0, 0.1) is 0 Å². The second-order valence-electron chi connectivity index (χ2n) is 2.18. The molecule has 0 bridgehead atoms. The Morgan fingerprint density at radius 3 is 3.09 bits per heavy atom. The van der Waals surface area contributed by atoms with Crippen LogP contribution in [0.15, 0.2) is 17.4 Å². The minimum atomic E-state index is 0.401. The van der Waals surface area contributed by atoms with E-state index in [4.69, 9.17) is 5.73 Å². The lowest BCUT2D eigenvalue weighted by molar-refractivity contribution is 0.944. The zero-order valence-corrected chi connectivity index (χ0v) is 5.78. The number of fused-ring (bicyclic) bond motifs is 1. The summed E-state index contributed by atoms with van der Waals surface area (Å²) in [6.45, 7) is 0.516. The summed E-state index contributed by atoms with van der Waals surface area (Å²) < 4.78 is 0. The van der Waals surface area contributed by atoms with Gasteiger partial charge in [-0.3, -0.25) is 4.98 Å². The van der Waals surface area contributed by atoms with Crippen LogP contribution >= 0.6 is 0 Å². The highest BCUT2D eigenvalue weighted by molar-refractivity contribution is 5.93. The normalized spacial score (nSPS) is 14.7. The standard InChI is InChI=1S/C6H7N5/c7-6-10-3-4-5(11-6)9-2-1-8-4/h1-2H,3H2,(H3,7,9,10,11). The van der Waals surface area contributed by atoms with E-state index in [0.717, 1.165) is 5.69 Å². The molecule has 1 aliphatic heterocycles. The first-order chi connectivity index (χ1) is 5.36. The van der Waals surface area contributed by atoms with Gasteiger partial charge in [0.25, 0.3) is 0 Å². The topological polar surface area (TPSA) is 76.2 Å². The van der Waals surface area contributed by atoms with Crippen molar-refractivity contribution in [2.45, 2.75) is 6.54 Å². The number of hydrogen-bond acceptors (Lipinski definition) is 5. The molecule has 0 amide bonds. The average Bonchev–Trinajstić information content (AvgIpc) is 2.04. The summed E-state index contributed by atoms with van der Waals surface area (Å²) >= 11 is 0. The molecule has 0 spiro atoms. The smallest absolute Gasteiger partial charge is 0.194 e. The lowest BCUT2D eigenvalue weighted by atomic mass is 10.4. The van der Waals surface area contributed by atoms with Gasteiger partial charge in [-0.15, -0.1) is 0 Å². The Kier molecular flexibility index (Phi) is 1.21. The number of rotatable bonds is 0. The van der Waals surface area contributed by atoms with Gasteiger partial charge in [-0.05, 0) is 0 Å². The Hall–Kier alpha value is -1.65. The Morgan fingerprint density at radius 2 is 2.18 bits per heavy atom. The van der Waals surface area contributed by atoms with Crippen molar-refractivity contribution in [3.63, 3.8) is 0 Å². The van der Waals surface area contributed by atoms with Crippen LogP contribution in [0.2, 0.25) is 0 Å². The predicted octanol–water partition coefficient (Wildman–Crippen LogP) is -0.283. The van der Waals surface area contributed by atoms with Gasteiger partial charge >= 0.3 is 0 Å². The van der Waals surface area contributed by atoms with Crippen molar-refractivity contribution in [3.05, 3.63) is 18.1 Å². The Labute approximate surface area is 63.4 Å². The molecule has 3 N–H and O–H groups in total. The fourth-order valence-electron chi connectivity index (χ4n) is 0.908. The monoisotopic (exact) mass is 149 g/mol. The fourth-order valence-corrected chi connectivity index (χ4v) is 0.908. The second-order valence-corrected chi connectivity index (χ2v) is 2.18. The molecule has 0 fully saturated rings. The summed E-state index contributed by atoms with van der Waals surface area (Å²) in [6, 6.07) is 0. The van der Waals surface area contributed by atoms with Gasteiger partial charge in [-0.2, -0.15) is 0 Å². The maximum absolute atomic E-state index is 5.42. The molecule has 2 rings (SSSR count). The zero-order chi connectivity index (χ0) is 7.68. The number of guanidine groups is 1. The lowest BCUT2D eigenvalue weighted by Gasteiger charge is -2.12. The van der Waals surface area contributed by atoms with E-state index in [9.17, 15) is 0 Å². The summed E-state index contributed by atoms with van der Waals surface area (Å²) in [5.41, 5.74) is 6.26. The van der Waals surface area contributed by atoms with Crippen molar-refractivity contribution >= 4 is 11.8 Å². The molecule has 0 saturated carbocycles. The molecule has 0 saturated heterocycles. The van der Waals surface area contributed by atoms with Gasteiger partial charge in [0.1, 0.15) is 5.69 Å². The van der Waals surface area contributed by atoms with Crippen LogP contribution in [-0.4, -0.2) is 15.9 Å². The van der Waals surface area contributed by atoms with Gasteiger partial charge in [0.05, 0.1) is 6.54 Å². The van der Waals surface area contributed by atoms with Gasteiger partial charge in [0.2, 0.25) is 0 Å². The number of nitrogens with zero attached hydrogens (tertiary/aromatic N) is 3. The van der Waals surface area contributed by atoms with Crippen molar-refractivity contribution in [1.29, 1.82) is 0 Å². The molecule has 11 heavy (non-hydrogen) atoms. The first-order valence-corrected chi connectivity index (χ1v) is 3.23. The van der Waals surface area contributed by atoms with Crippen molar-refractivity contribution in [1.82, 2.24) is 9.97 Å². The molecule has 0 unspecified atom stereocenters. The van der Waals surface area contributed by atoms with E-state index in [-0.39, 0.29) is 0 Å². The van der Waals surface area contributed by atoms with E-state index in [1.54, 1.807) is 12.4 Å². The van der Waals surface area contributed by atoms with Crippen LogP contribution in [0.25, 0.3) is 0 Å². The molecule has 56 valence electrons. The summed E-state index contributed by atoms with van der Waals surface area (Å²) in [5.74, 6) is 1.11. The third-order valence-electron chi connectivity index (χ3n) is 1.42. The van der Waals surface area contributed by atoms with E-state index >= 15 is 0 Å². The molecule has 0 atom stereocenters. The molecule has 2 heterocycles. The molecular weight excluding hydrogens is 142 g/mol. The van der Waals surface area contributed by atoms with E-state index in [1.165, 1.54) is 0 Å². The van der Waals surface area contributed by atoms with Gasteiger partial charge in [-0.25, -0.2) is 9.98 Å². The maximum Gasteiger partial charge on any atom is 0.194 e. The van der Waals surface area contributed by atoms with E-state index in [1.807, 2.05) is 0 Å². The van der Waals surface area contributed by atoms with Crippen molar-refractivity contribution in [3.8, 4) is 0 Å². The molecular formula is C6H7N5. The van der Waals surface area contributed by atoms with Gasteiger partial charge in [-0.1, -0.05) is 0 Å². The van der Waals surface area contributed by atoms with Crippen molar-refractivity contribution in [2.24, 2.45) is 10.7 Å². The highest BCUT2D eigenvalue weighted by Gasteiger charge is 2.09. The summed E-state index contributed by atoms with van der Waals surface area (Å²) in [6.07, 6.45) is 3.25. The number of aromatic nitrogens is 2. The van der Waals surface area contributed by atoms with Gasteiger partial charge in [0, 0.05) is 12.4 Å². The first-order valence-electron chi connectivity index (χ1n) is 3.23. The number of hydrogen-bond donors (Lipinski definition) is 2. The lowest BCUT2D eigenvalue weighted by Crippen LogP contribution is -2.27. The van der Waals surface area contributed by atoms with Gasteiger partial charge in [0.15, 0.2) is 11.8 Å². The molecule has 0 radical (unpaired) electrons. The third kappa shape index (κ3) is 1.000. The third-order valence-corrected chi connectivity index (χ3v) is 1.42. The second kappa shape index (κ2) is 2.19. The molecule has 0 aromatic carbocycles. The minimum absolute atomic E-state index is 0.401. The molecule has 1 aliphatic rings. The minimum Gasteiger partial charge on any atom is -0.370 e. The van der Waals surface area contributed by atoms with E-state index < -0.39 is 0 Å². The average molecular weight is 149 g/mol. The quantitative estimate of drug-likeness (QED) is 0.531. The molecule has 1 aromatic rings. The summed E-state index contributed by atoms with van der Waals surface area (Å²) in [7, 11) is 0. The van der Waals surface area contributed by atoms with Crippen LogP contribution in [0.1, 0.15) is 5.69 Å². The first kappa shape index (κ1) is 6.09. The highest BCUT2D eigenvalue weighted by atomic mass is 15.2. The number of nitrogens with one attached hydrogen (secondary N) is 1. The Bertz CT molecular complexity index is 306. The largest absolute Gasteiger partial charge is 0.370 e. The van der Waals surface area contributed by atoms with Crippen LogP contribution in [0.4, 0.5) is 5.82 Å². The molecule has 5 nitrogen and oxygen atoms in total. The van der Waals surface area contributed by atoms with Crippen LogP contribution in [0.5, 0.6) is 0 Å². The predicted molar refractivity (Wildman–Crippen MR) is 41.0 cm³/mol. The Balaban J connectivity index is 2.42. The number of nitrogens with two attached hydrogens (primary N) is 1. The van der Waals surface area contributed by atoms with Crippen molar-refractivity contribution < 1.29 is 0 Å². The number of aliphatic imine (C=N–C) groups is 1. The summed E-state index contributed by atoms with van der Waals surface area (Å²) in [4.78, 5) is 12.1. The van der Waals surface area contributed by atoms with E-state index in [2.05, 4.69) is 20.3 Å². The van der Waals surface area contributed by atoms with Crippen molar-refractivity contribution in [2.75, 3.05) is 5.32 Å². The van der Waals surface area contributed by atoms with Crippen LogP contribution in [0.3, 0.4) is 0 Å². The Morgan fingerprint density at radius 1 is 1.36 bits per heavy atom. The number of anilines is 1. The summed E-state index contributed by atoms with van der Waals surface area (Å²) in [5, 5.41) is 2.81. The molecule has 5 heteroatoms. The molecule has 0 aliphatic carbocycles. The SMILES string of the molecule is NC1=NCc2nccnc2N1. The van der Waals surface area contributed by atoms with Crippen LogP contribution < -0.4 is 11.1 Å². The zero-order valence-electron chi connectivity index (χ0n) is 5.78. The molecule has 1 aromatic heterocycles.